The van der Waals surface area contributed by atoms with Crippen molar-refractivity contribution < 1.29 is 9.53 Å². The minimum absolute atomic E-state index is 0.0957. The first kappa shape index (κ1) is 14.9. The largest absolute Gasteiger partial charge is 0.497 e. The summed E-state index contributed by atoms with van der Waals surface area (Å²) in [5, 5.41) is 0.670. The summed E-state index contributed by atoms with van der Waals surface area (Å²) in [5.74, 6) is 0.820. The SMILES string of the molecule is COc1ccc(C(SC)c2ccc(Cl)cc2C=O)cc1. The third-order valence-electron chi connectivity index (χ3n) is 3.11. The van der Waals surface area contributed by atoms with E-state index in [1.165, 1.54) is 0 Å². The highest BCUT2D eigenvalue weighted by Crippen LogP contribution is 2.36. The van der Waals surface area contributed by atoms with Crippen LogP contribution in [-0.4, -0.2) is 19.7 Å². The first-order valence-corrected chi connectivity index (χ1v) is 7.77. The zero-order chi connectivity index (χ0) is 14.5. The Morgan fingerprint density at radius 2 is 1.90 bits per heavy atom. The number of thioether (sulfide) groups is 1. The van der Waals surface area contributed by atoms with Crippen molar-refractivity contribution in [1.29, 1.82) is 0 Å². The van der Waals surface area contributed by atoms with Gasteiger partial charge in [0.25, 0.3) is 0 Å². The Hall–Kier alpha value is -1.45. The summed E-state index contributed by atoms with van der Waals surface area (Å²) in [4.78, 5) is 11.2. The van der Waals surface area contributed by atoms with Crippen LogP contribution in [0.25, 0.3) is 0 Å². The number of carbonyl (C=O) groups excluding carboxylic acids is 1. The van der Waals surface area contributed by atoms with Crippen LogP contribution in [0.1, 0.15) is 26.7 Å². The second-order valence-electron chi connectivity index (χ2n) is 4.28. The van der Waals surface area contributed by atoms with E-state index in [1.807, 2.05) is 42.7 Å². The van der Waals surface area contributed by atoms with Crippen molar-refractivity contribution in [3.8, 4) is 5.75 Å². The Labute approximate surface area is 128 Å². The van der Waals surface area contributed by atoms with Crippen molar-refractivity contribution in [2.24, 2.45) is 0 Å². The molecule has 0 saturated heterocycles. The molecule has 0 spiro atoms. The smallest absolute Gasteiger partial charge is 0.150 e. The Morgan fingerprint density at radius 3 is 2.45 bits per heavy atom. The highest BCUT2D eigenvalue weighted by atomic mass is 35.5. The molecule has 0 aliphatic heterocycles. The first-order valence-electron chi connectivity index (χ1n) is 6.11. The zero-order valence-corrected chi connectivity index (χ0v) is 12.9. The molecule has 0 saturated carbocycles. The highest BCUT2D eigenvalue weighted by Gasteiger charge is 2.16. The van der Waals surface area contributed by atoms with E-state index in [2.05, 4.69) is 0 Å². The molecule has 2 aromatic rings. The third kappa shape index (κ3) is 3.17. The summed E-state index contributed by atoms with van der Waals surface area (Å²) in [7, 11) is 1.64. The molecule has 0 N–H and O–H groups in total. The molecule has 2 aromatic carbocycles. The molecular formula is C16H15ClO2S. The molecule has 104 valence electrons. The number of methoxy groups -OCH3 is 1. The van der Waals surface area contributed by atoms with E-state index in [9.17, 15) is 4.79 Å². The molecule has 0 fully saturated rings. The fraction of sp³-hybridized carbons (Fsp3) is 0.188. The lowest BCUT2D eigenvalue weighted by Gasteiger charge is -2.18. The van der Waals surface area contributed by atoms with Gasteiger partial charge in [-0.1, -0.05) is 29.8 Å². The Balaban J connectivity index is 2.43. The standard InChI is InChI=1S/C16H15ClO2S/c1-19-14-6-3-11(4-7-14)16(20-2)15-8-5-13(17)9-12(15)10-18/h3-10,16H,1-2H3. The number of hydrogen-bond donors (Lipinski definition) is 0. The Morgan fingerprint density at radius 1 is 1.20 bits per heavy atom. The molecule has 0 aliphatic rings. The van der Waals surface area contributed by atoms with Crippen molar-refractivity contribution in [3.63, 3.8) is 0 Å². The summed E-state index contributed by atoms with van der Waals surface area (Å²) in [6, 6.07) is 13.3. The molecule has 0 aromatic heterocycles. The van der Waals surface area contributed by atoms with Gasteiger partial charge in [-0.25, -0.2) is 0 Å². The molecule has 20 heavy (non-hydrogen) atoms. The van der Waals surface area contributed by atoms with Gasteiger partial charge in [0, 0.05) is 10.6 Å². The second kappa shape index (κ2) is 6.82. The van der Waals surface area contributed by atoms with Gasteiger partial charge >= 0.3 is 0 Å². The van der Waals surface area contributed by atoms with E-state index in [4.69, 9.17) is 16.3 Å². The summed E-state index contributed by atoms with van der Waals surface area (Å²) in [6.45, 7) is 0. The van der Waals surface area contributed by atoms with Gasteiger partial charge in [0.15, 0.2) is 0 Å². The summed E-state index contributed by atoms with van der Waals surface area (Å²) in [5.41, 5.74) is 2.73. The summed E-state index contributed by atoms with van der Waals surface area (Å²) < 4.78 is 5.17. The van der Waals surface area contributed by atoms with Gasteiger partial charge in [0.1, 0.15) is 12.0 Å². The molecule has 0 bridgehead atoms. The third-order valence-corrected chi connectivity index (χ3v) is 4.35. The molecule has 0 radical (unpaired) electrons. The van der Waals surface area contributed by atoms with Gasteiger partial charge in [-0.05, 0) is 41.6 Å². The number of hydrogen-bond acceptors (Lipinski definition) is 3. The van der Waals surface area contributed by atoms with E-state index < -0.39 is 0 Å². The average molecular weight is 307 g/mol. The van der Waals surface area contributed by atoms with Crippen molar-refractivity contribution in [3.05, 3.63) is 64.2 Å². The molecule has 4 heteroatoms. The van der Waals surface area contributed by atoms with Gasteiger partial charge in [-0.2, -0.15) is 11.8 Å². The normalized spacial score (nSPS) is 11.9. The van der Waals surface area contributed by atoms with Crippen LogP contribution in [0.4, 0.5) is 0 Å². The quantitative estimate of drug-likeness (QED) is 0.754. The molecule has 0 amide bonds. The Bertz CT molecular complexity index is 596. The van der Waals surface area contributed by atoms with Crippen LogP contribution in [-0.2, 0) is 0 Å². The minimum Gasteiger partial charge on any atom is -0.497 e. The van der Waals surface area contributed by atoms with E-state index in [-0.39, 0.29) is 5.25 Å². The number of benzene rings is 2. The molecule has 1 atom stereocenters. The monoisotopic (exact) mass is 306 g/mol. The van der Waals surface area contributed by atoms with E-state index >= 15 is 0 Å². The van der Waals surface area contributed by atoms with Crippen LogP contribution in [0, 0.1) is 0 Å². The summed E-state index contributed by atoms with van der Waals surface area (Å²) >= 11 is 7.63. The number of halogens is 1. The maximum atomic E-state index is 11.2. The van der Waals surface area contributed by atoms with Gasteiger partial charge < -0.3 is 4.74 Å². The van der Waals surface area contributed by atoms with Gasteiger partial charge in [0.05, 0.1) is 12.4 Å². The van der Waals surface area contributed by atoms with Crippen LogP contribution in [0.15, 0.2) is 42.5 Å². The molecule has 2 rings (SSSR count). The van der Waals surface area contributed by atoms with Gasteiger partial charge in [-0.15, -0.1) is 0 Å². The van der Waals surface area contributed by atoms with Crippen LogP contribution in [0.3, 0.4) is 0 Å². The lowest BCUT2D eigenvalue weighted by atomic mass is 9.99. The van der Waals surface area contributed by atoms with Crippen molar-refractivity contribution in [1.82, 2.24) is 0 Å². The number of aldehydes is 1. The fourth-order valence-electron chi connectivity index (χ4n) is 2.11. The number of rotatable bonds is 5. The lowest BCUT2D eigenvalue weighted by molar-refractivity contribution is 0.112. The number of ether oxygens (including phenoxy) is 1. The molecule has 2 nitrogen and oxygen atoms in total. The first-order chi connectivity index (χ1) is 9.69. The maximum Gasteiger partial charge on any atom is 0.150 e. The molecule has 0 heterocycles. The molecular weight excluding hydrogens is 292 g/mol. The van der Waals surface area contributed by atoms with E-state index in [0.29, 0.717) is 10.6 Å². The van der Waals surface area contributed by atoms with Gasteiger partial charge in [-0.3, -0.25) is 4.79 Å². The number of carbonyl (C=O) groups is 1. The van der Waals surface area contributed by atoms with Crippen molar-refractivity contribution in [2.45, 2.75) is 5.25 Å². The highest BCUT2D eigenvalue weighted by molar-refractivity contribution is 7.99. The van der Waals surface area contributed by atoms with Crippen LogP contribution in [0.2, 0.25) is 5.02 Å². The zero-order valence-electron chi connectivity index (χ0n) is 11.3. The van der Waals surface area contributed by atoms with Crippen LogP contribution >= 0.6 is 23.4 Å². The van der Waals surface area contributed by atoms with E-state index in [0.717, 1.165) is 23.2 Å². The van der Waals surface area contributed by atoms with Crippen molar-refractivity contribution in [2.75, 3.05) is 13.4 Å². The molecule has 0 aliphatic carbocycles. The molecule has 1 unspecified atom stereocenters. The predicted octanol–water partition coefficient (Wildman–Crippen LogP) is 4.61. The maximum absolute atomic E-state index is 11.2. The summed E-state index contributed by atoms with van der Waals surface area (Å²) in [6.07, 6.45) is 2.88. The Kier molecular flexibility index (Phi) is 5.10. The van der Waals surface area contributed by atoms with Crippen molar-refractivity contribution >= 4 is 29.6 Å². The lowest BCUT2D eigenvalue weighted by Crippen LogP contribution is -2.01. The van der Waals surface area contributed by atoms with E-state index in [1.54, 1.807) is 24.9 Å². The second-order valence-corrected chi connectivity index (χ2v) is 5.66. The van der Waals surface area contributed by atoms with Gasteiger partial charge in [0.2, 0.25) is 0 Å². The van der Waals surface area contributed by atoms with Crippen LogP contribution in [0.5, 0.6) is 5.75 Å². The van der Waals surface area contributed by atoms with Crippen LogP contribution < -0.4 is 4.74 Å². The minimum atomic E-state index is 0.0957. The average Bonchev–Trinajstić information content (AvgIpc) is 2.50. The topological polar surface area (TPSA) is 26.3 Å². The predicted molar refractivity (Wildman–Crippen MR) is 85.2 cm³/mol. The fourth-order valence-corrected chi connectivity index (χ4v) is 3.19.